The number of aliphatic hydroxyl groups excluding tert-OH is 1. The molecule has 1 aliphatic rings. The standard InChI is InChI=1S/C16H20N2O2/c1-2-3-4-7-10-17-16(20)18-15-13-9-6-5-8-12(13)11-14(15)19/h1,5-6,8-9,14-15,19H,3-4,7,10-11H2,(H2,17,18,20). The Morgan fingerprint density at radius 1 is 1.40 bits per heavy atom. The van der Waals surface area contributed by atoms with Crippen LogP contribution in [0, 0.1) is 12.3 Å². The topological polar surface area (TPSA) is 61.4 Å². The minimum atomic E-state index is -0.556. The number of unbranched alkanes of at least 4 members (excludes halogenated alkanes) is 2. The molecule has 2 unspecified atom stereocenters. The second kappa shape index (κ2) is 6.97. The van der Waals surface area contributed by atoms with E-state index in [0.29, 0.717) is 13.0 Å². The minimum Gasteiger partial charge on any atom is -0.390 e. The van der Waals surface area contributed by atoms with Crippen LogP contribution in [0.4, 0.5) is 4.79 Å². The molecule has 0 saturated carbocycles. The molecule has 20 heavy (non-hydrogen) atoms. The molecule has 1 aliphatic carbocycles. The van der Waals surface area contributed by atoms with Crippen molar-refractivity contribution >= 4 is 6.03 Å². The van der Waals surface area contributed by atoms with E-state index in [1.54, 1.807) is 0 Å². The maximum absolute atomic E-state index is 11.8. The average molecular weight is 272 g/mol. The quantitative estimate of drug-likeness (QED) is 0.565. The summed E-state index contributed by atoms with van der Waals surface area (Å²) in [6, 6.07) is 7.23. The molecule has 0 radical (unpaired) electrons. The van der Waals surface area contributed by atoms with Gasteiger partial charge in [-0.2, -0.15) is 0 Å². The molecule has 0 aliphatic heterocycles. The molecule has 106 valence electrons. The normalized spacial score (nSPS) is 20.0. The number of carbonyl (C=O) groups excluding carboxylic acids is 1. The number of terminal acetylenes is 1. The molecule has 4 nitrogen and oxygen atoms in total. The third kappa shape index (κ3) is 3.52. The molecule has 1 aromatic carbocycles. The van der Waals surface area contributed by atoms with Gasteiger partial charge in [0.25, 0.3) is 0 Å². The van der Waals surface area contributed by atoms with Crippen LogP contribution in [-0.2, 0) is 6.42 Å². The molecule has 0 fully saturated rings. The fourth-order valence-corrected chi connectivity index (χ4v) is 2.49. The second-order valence-corrected chi connectivity index (χ2v) is 5.01. The fraction of sp³-hybridized carbons (Fsp3) is 0.438. The number of hydrogen-bond donors (Lipinski definition) is 3. The predicted octanol–water partition coefficient (Wildman–Crippen LogP) is 1.75. The number of carbonyl (C=O) groups is 1. The van der Waals surface area contributed by atoms with Gasteiger partial charge >= 0.3 is 6.03 Å². The Bertz CT molecular complexity index is 507. The number of hydrogen-bond acceptors (Lipinski definition) is 2. The van der Waals surface area contributed by atoms with Crippen LogP contribution in [0.5, 0.6) is 0 Å². The lowest BCUT2D eigenvalue weighted by molar-refractivity contribution is 0.142. The Kier molecular flexibility index (Phi) is 5.03. The number of amides is 2. The van der Waals surface area contributed by atoms with Crippen molar-refractivity contribution in [2.24, 2.45) is 0 Å². The lowest BCUT2D eigenvalue weighted by Gasteiger charge is -2.18. The van der Waals surface area contributed by atoms with Gasteiger partial charge in [0.15, 0.2) is 0 Å². The summed E-state index contributed by atoms with van der Waals surface area (Å²) in [5.41, 5.74) is 2.10. The van der Waals surface area contributed by atoms with Crippen molar-refractivity contribution in [1.29, 1.82) is 0 Å². The molecule has 0 heterocycles. The molecule has 0 bridgehead atoms. The number of benzene rings is 1. The lowest BCUT2D eigenvalue weighted by Crippen LogP contribution is -2.41. The highest BCUT2D eigenvalue weighted by molar-refractivity contribution is 5.74. The highest BCUT2D eigenvalue weighted by Crippen LogP contribution is 2.30. The van der Waals surface area contributed by atoms with Gasteiger partial charge in [-0.25, -0.2) is 4.79 Å². The molecule has 0 aromatic heterocycles. The van der Waals surface area contributed by atoms with Crippen molar-refractivity contribution in [2.75, 3.05) is 6.54 Å². The van der Waals surface area contributed by atoms with Crippen molar-refractivity contribution in [1.82, 2.24) is 10.6 Å². The van der Waals surface area contributed by atoms with E-state index >= 15 is 0 Å². The summed E-state index contributed by atoms with van der Waals surface area (Å²) in [6.07, 6.45) is 7.70. The first-order valence-corrected chi connectivity index (χ1v) is 6.96. The molecule has 1 aromatic rings. The lowest BCUT2D eigenvalue weighted by atomic mass is 10.1. The molecular weight excluding hydrogens is 252 g/mol. The van der Waals surface area contributed by atoms with Gasteiger partial charge in [0.05, 0.1) is 12.1 Å². The molecule has 2 rings (SSSR count). The molecule has 3 N–H and O–H groups in total. The van der Waals surface area contributed by atoms with Crippen LogP contribution >= 0.6 is 0 Å². The van der Waals surface area contributed by atoms with E-state index in [1.807, 2.05) is 24.3 Å². The van der Waals surface area contributed by atoms with E-state index < -0.39 is 6.10 Å². The summed E-state index contributed by atoms with van der Waals surface area (Å²) in [7, 11) is 0. The summed E-state index contributed by atoms with van der Waals surface area (Å²) in [5.74, 6) is 2.57. The number of fused-ring (bicyclic) bond motifs is 1. The number of rotatable bonds is 5. The van der Waals surface area contributed by atoms with Crippen molar-refractivity contribution in [2.45, 2.75) is 37.8 Å². The van der Waals surface area contributed by atoms with Crippen LogP contribution in [-0.4, -0.2) is 23.8 Å². The first-order valence-electron chi connectivity index (χ1n) is 6.96. The van der Waals surface area contributed by atoms with Crippen LogP contribution in [0.1, 0.15) is 36.4 Å². The van der Waals surface area contributed by atoms with Gasteiger partial charge in [0, 0.05) is 19.4 Å². The van der Waals surface area contributed by atoms with Crippen LogP contribution in [0.25, 0.3) is 0 Å². The van der Waals surface area contributed by atoms with E-state index in [1.165, 1.54) is 0 Å². The minimum absolute atomic E-state index is 0.244. The van der Waals surface area contributed by atoms with Gasteiger partial charge in [0.1, 0.15) is 0 Å². The van der Waals surface area contributed by atoms with Gasteiger partial charge in [0.2, 0.25) is 0 Å². The SMILES string of the molecule is C#CCCCCNC(=O)NC1c2ccccc2CC1O. The third-order valence-corrected chi connectivity index (χ3v) is 3.52. The van der Waals surface area contributed by atoms with Crippen molar-refractivity contribution in [3.05, 3.63) is 35.4 Å². The maximum atomic E-state index is 11.8. The molecule has 4 heteroatoms. The molecule has 2 atom stereocenters. The van der Waals surface area contributed by atoms with Gasteiger partial charge in [-0.05, 0) is 24.0 Å². The van der Waals surface area contributed by atoms with E-state index in [4.69, 9.17) is 6.42 Å². The molecule has 0 saturated heterocycles. The van der Waals surface area contributed by atoms with Gasteiger partial charge in [-0.15, -0.1) is 12.3 Å². The first-order chi connectivity index (χ1) is 9.72. The van der Waals surface area contributed by atoms with Crippen molar-refractivity contribution in [3.63, 3.8) is 0 Å². The van der Waals surface area contributed by atoms with Crippen molar-refractivity contribution < 1.29 is 9.90 Å². The summed E-state index contributed by atoms with van der Waals surface area (Å²) >= 11 is 0. The zero-order valence-electron chi connectivity index (χ0n) is 11.4. The highest BCUT2D eigenvalue weighted by Gasteiger charge is 2.31. The summed E-state index contributed by atoms with van der Waals surface area (Å²) in [5, 5.41) is 15.7. The fourth-order valence-electron chi connectivity index (χ4n) is 2.49. The maximum Gasteiger partial charge on any atom is 0.315 e. The largest absolute Gasteiger partial charge is 0.390 e. The van der Waals surface area contributed by atoms with E-state index in [2.05, 4.69) is 16.6 Å². The monoisotopic (exact) mass is 272 g/mol. The Labute approximate surface area is 119 Å². The summed E-state index contributed by atoms with van der Waals surface area (Å²) < 4.78 is 0. The van der Waals surface area contributed by atoms with Crippen LogP contribution in [0.2, 0.25) is 0 Å². The third-order valence-electron chi connectivity index (χ3n) is 3.52. The Balaban J connectivity index is 1.81. The number of urea groups is 1. The molecule has 0 spiro atoms. The van der Waals surface area contributed by atoms with E-state index in [-0.39, 0.29) is 12.1 Å². The summed E-state index contributed by atoms with van der Waals surface area (Å²) in [4.78, 5) is 11.8. The number of aliphatic hydroxyl groups is 1. The zero-order valence-corrected chi connectivity index (χ0v) is 11.4. The van der Waals surface area contributed by atoms with Gasteiger partial charge in [-0.1, -0.05) is 24.3 Å². The molecule has 2 amide bonds. The van der Waals surface area contributed by atoms with Crippen LogP contribution in [0.15, 0.2) is 24.3 Å². The van der Waals surface area contributed by atoms with E-state index in [9.17, 15) is 9.90 Å². The first kappa shape index (κ1) is 14.4. The Morgan fingerprint density at radius 2 is 2.20 bits per heavy atom. The predicted molar refractivity (Wildman–Crippen MR) is 78.1 cm³/mol. The molecular formula is C16H20N2O2. The van der Waals surface area contributed by atoms with Gasteiger partial charge in [-0.3, -0.25) is 0 Å². The highest BCUT2D eigenvalue weighted by atomic mass is 16.3. The zero-order chi connectivity index (χ0) is 14.4. The average Bonchev–Trinajstić information content (AvgIpc) is 2.75. The Hall–Kier alpha value is -1.99. The smallest absolute Gasteiger partial charge is 0.315 e. The number of nitrogens with one attached hydrogen (secondary N) is 2. The summed E-state index contributed by atoms with van der Waals surface area (Å²) in [6.45, 7) is 0.595. The second-order valence-electron chi connectivity index (χ2n) is 5.01. The van der Waals surface area contributed by atoms with Crippen LogP contribution < -0.4 is 10.6 Å². The van der Waals surface area contributed by atoms with E-state index in [0.717, 1.165) is 30.4 Å². The Morgan fingerprint density at radius 3 is 3.00 bits per heavy atom. The van der Waals surface area contributed by atoms with Crippen molar-refractivity contribution in [3.8, 4) is 12.3 Å². The van der Waals surface area contributed by atoms with Gasteiger partial charge < -0.3 is 15.7 Å². The van der Waals surface area contributed by atoms with Crippen LogP contribution in [0.3, 0.4) is 0 Å².